The highest BCUT2D eigenvalue weighted by Gasteiger charge is 2.06. The number of nitrogens with zero attached hydrogens (tertiary/aromatic N) is 1. The van der Waals surface area contributed by atoms with E-state index in [-0.39, 0.29) is 5.91 Å². The first kappa shape index (κ1) is 13.7. The highest BCUT2D eigenvalue weighted by molar-refractivity contribution is 5.76. The Balaban J connectivity index is 2.20. The number of carbonyl (C=O) groups excluding carboxylic acids is 1. The zero-order valence-electron chi connectivity index (χ0n) is 10.8. The summed E-state index contributed by atoms with van der Waals surface area (Å²) >= 11 is 0. The average molecular weight is 234 g/mol. The molecule has 0 aliphatic carbocycles. The molecule has 1 aromatic rings. The molecule has 1 N–H and O–H groups in total. The minimum absolute atomic E-state index is 0.215. The van der Waals surface area contributed by atoms with E-state index in [4.69, 9.17) is 0 Å². The number of amides is 1. The van der Waals surface area contributed by atoms with E-state index in [0.717, 1.165) is 25.9 Å². The molecular weight excluding hydrogens is 212 g/mol. The van der Waals surface area contributed by atoms with Crippen molar-refractivity contribution in [1.82, 2.24) is 10.2 Å². The molecule has 0 aliphatic rings. The number of nitrogens with one attached hydrogen (secondary N) is 1. The van der Waals surface area contributed by atoms with Gasteiger partial charge in [-0.2, -0.15) is 0 Å². The molecule has 94 valence electrons. The number of carbonyl (C=O) groups is 1. The third-order valence-corrected chi connectivity index (χ3v) is 2.82. The Bertz CT molecular complexity index is 324. The minimum atomic E-state index is 0.215. The fourth-order valence-corrected chi connectivity index (χ4v) is 1.71. The second-order valence-electron chi connectivity index (χ2n) is 4.26. The zero-order chi connectivity index (χ0) is 12.5. The normalized spacial score (nSPS) is 10.2. The van der Waals surface area contributed by atoms with Gasteiger partial charge < -0.3 is 10.2 Å². The number of rotatable bonds is 7. The van der Waals surface area contributed by atoms with E-state index >= 15 is 0 Å². The fourth-order valence-electron chi connectivity index (χ4n) is 1.71. The van der Waals surface area contributed by atoms with Crippen molar-refractivity contribution in [2.45, 2.75) is 19.3 Å². The zero-order valence-corrected chi connectivity index (χ0v) is 10.8. The van der Waals surface area contributed by atoms with Gasteiger partial charge in [-0.25, -0.2) is 0 Å². The Kier molecular flexibility index (Phi) is 6.33. The molecule has 1 amide bonds. The molecule has 0 unspecified atom stereocenters. The molecular formula is C14H22N2O. The van der Waals surface area contributed by atoms with Crippen molar-refractivity contribution in [1.29, 1.82) is 0 Å². The number of hydrogen-bond donors (Lipinski definition) is 1. The van der Waals surface area contributed by atoms with Crippen LogP contribution in [0.4, 0.5) is 0 Å². The van der Waals surface area contributed by atoms with Gasteiger partial charge >= 0.3 is 0 Å². The Morgan fingerprint density at radius 1 is 1.29 bits per heavy atom. The van der Waals surface area contributed by atoms with Gasteiger partial charge in [0.05, 0.1) is 0 Å². The van der Waals surface area contributed by atoms with E-state index in [1.54, 1.807) is 0 Å². The molecule has 1 rings (SSSR count). The predicted octanol–water partition coefficient (Wildman–Crippen LogP) is 1.69. The monoisotopic (exact) mass is 234 g/mol. The number of hydrogen-bond acceptors (Lipinski definition) is 2. The van der Waals surface area contributed by atoms with E-state index < -0.39 is 0 Å². The maximum Gasteiger partial charge on any atom is 0.223 e. The summed E-state index contributed by atoms with van der Waals surface area (Å²) in [6.45, 7) is 1.58. The molecule has 0 atom stereocenters. The van der Waals surface area contributed by atoms with Gasteiger partial charge in [0.15, 0.2) is 0 Å². The molecule has 1 aromatic carbocycles. The van der Waals surface area contributed by atoms with Gasteiger partial charge in [-0.3, -0.25) is 4.79 Å². The summed E-state index contributed by atoms with van der Waals surface area (Å²) in [6, 6.07) is 10.4. The Hall–Kier alpha value is -1.35. The molecule has 17 heavy (non-hydrogen) atoms. The average Bonchev–Trinajstić information content (AvgIpc) is 2.37. The smallest absolute Gasteiger partial charge is 0.223 e. The van der Waals surface area contributed by atoms with E-state index in [0.29, 0.717) is 6.42 Å². The fraction of sp³-hybridized carbons (Fsp3) is 0.500. The van der Waals surface area contributed by atoms with E-state index in [9.17, 15) is 4.79 Å². The first-order valence-corrected chi connectivity index (χ1v) is 6.16. The lowest BCUT2D eigenvalue weighted by atomic mass is 10.1. The van der Waals surface area contributed by atoms with E-state index in [1.807, 2.05) is 25.1 Å². The lowest BCUT2D eigenvalue weighted by Gasteiger charge is -2.16. The number of aryl methyl sites for hydroxylation is 1. The highest BCUT2D eigenvalue weighted by Crippen LogP contribution is 2.03. The van der Waals surface area contributed by atoms with Crippen molar-refractivity contribution in [3.63, 3.8) is 0 Å². The topological polar surface area (TPSA) is 32.3 Å². The van der Waals surface area contributed by atoms with Crippen LogP contribution in [0.3, 0.4) is 0 Å². The summed E-state index contributed by atoms with van der Waals surface area (Å²) in [4.78, 5) is 13.4. The summed E-state index contributed by atoms with van der Waals surface area (Å²) in [5.74, 6) is 0.215. The maximum absolute atomic E-state index is 11.6. The first-order valence-electron chi connectivity index (χ1n) is 6.16. The Morgan fingerprint density at radius 3 is 2.65 bits per heavy atom. The molecule has 0 saturated carbocycles. The van der Waals surface area contributed by atoms with Crippen LogP contribution in [0, 0.1) is 0 Å². The van der Waals surface area contributed by atoms with Gasteiger partial charge in [-0.1, -0.05) is 30.3 Å². The van der Waals surface area contributed by atoms with E-state index in [2.05, 4.69) is 29.6 Å². The van der Waals surface area contributed by atoms with Crippen LogP contribution in [0.1, 0.15) is 18.4 Å². The third kappa shape index (κ3) is 5.50. The van der Waals surface area contributed by atoms with Crippen LogP contribution in [0.25, 0.3) is 0 Å². The second kappa shape index (κ2) is 7.85. The molecule has 0 aromatic heterocycles. The first-order chi connectivity index (χ1) is 8.24. The van der Waals surface area contributed by atoms with Crippen molar-refractivity contribution in [3.05, 3.63) is 35.9 Å². The summed E-state index contributed by atoms with van der Waals surface area (Å²) in [5, 5.41) is 2.99. The molecule has 0 aliphatic heterocycles. The van der Waals surface area contributed by atoms with Gasteiger partial charge in [0.1, 0.15) is 0 Å². The van der Waals surface area contributed by atoms with Gasteiger partial charge in [0.25, 0.3) is 0 Å². The van der Waals surface area contributed by atoms with Crippen LogP contribution in [0.5, 0.6) is 0 Å². The van der Waals surface area contributed by atoms with Gasteiger partial charge in [-0.05, 0) is 25.5 Å². The van der Waals surface area contributed by atoms with Gasteiger partial charge in [0, 0.05) is 26.6 Å². The second-order valence-corrected chi connectivity index (χ2v) is 4.26. The van der Waals surface area contributed by atoms with E-state index in [1.165, 1.54) is 5.56 Å². The molecule has 0 fully saturated rings. The quantitative estimate of drug-likeness (QED) is 0.778. The van der Waals surface area contributed by atoms with Crippen molar-refractivity contribution >= 4 is 5.91 Å². The largest absolute Gasteiger partial charge is 0.346 e. The molecule has 0 saturated heterocycles. The summed E-state index contributed by atoms with van der Waals surface area (Å²) < 4.78 is 0. The predicted molar refractivity (Wildman–Crippen MR) is 70.9 cm³/mol. The molecule has 3 nitrogen and oxygen atoms in total. The summed E-state index contributed by atoms with van der Waals surface area (Å²) in [7, 11) is 3.74. The van der Waals surface area contributed by atoms with Crippen molar-refractivity contribution in [3.8, 4) is 0 Å². The molecule has 0 radical (unpaired) electrons. The molecule has 3 heteroatoms. The van der Waals surface area contributed by atoms with Crippen LogP contribution in [-0.2, 0) is 11.2 Å². The van der Waals surface area contributed by atoms with Crippen molar-refractivity contribution < 1.29 is 4.79 Å². The van der Waals surface area contributed by atoms with Crippen LogP contribution < -0.4 is 5.32 Å². The summed E-state index contributed by atoms with van der Waals surface area (Å²) in [6.07, 6.45) is 2.63. The van der Waals surface area contributed by atoms with Gasteiger partial charge in [-0.15, -0.1) is 0 Å². The van der Waals surface area contributed by atoms with Crippen LogP contribution in [-0.4, -0.2) is 38.0 Å². The third-order valence-electron chi connectivity index (χ3n) is 2.82. The van der Waals surface area contributed by atoms with Crippen LogP contribution in [0.15, 0.2) is 30.3 Å². The van der Waals surface area contributed by atoms with Crippen LogP contribution >= 0.6 is 0 Å². The lowest BCUT2D eigenvalue weighted by Crippen LogP contribution is -2.30. The number of benzene rings is 1. The van der Waals surface area contributed by atoms with Crippen molar-refractivity contribution in [2.24, 2.45) is 0 Å². The van der Waals surface area contributed by atoms with Crippen LogP contribution in [0.2, 0.25) is 0 Å². The standard InChI is InChI=1S/C14H22N2O/c1-15-11-10-14(17)16(2)12-6-9-13-7-4-3-5-8-13/h3-5,7-8,15H,6,9-12H2,1-2H3. The van der Waals surface area contributed by atoms with Crippen molar-refractivity contribution in [2.75, 3.05) is 27.2 Å². The van der Waals surface area contributed by atoms with Gasteiger partial charge in [0.2, 0.25) is 5.91 Å². The lowest BCUT2D eigenvalue weighted by molar-refractivity contribution is -0.129. The minimum Gasteiger partial charge on any atom is -0.346 e. The molecule has 0 spiro atoms. The highest BCUT2D eigenvalue weighted by atomic mass is 16.2. The molecule has 0 heterocycles. The SMILES string of the molecule is CNCCC(=O)N(C)CCCc1ccccc1. The Morgan fingerprint density at radius 2 is 2.00 bits per heavy atom. The summed E-state index contributed by atoms with van der Waals surface area (Å²) in [5.41, 5.74) is 1.34. The maximum atomic E-state index is 11.6. The molecule has 0 bridgehead atoms. The Labute approximate surface area is 104 Å².